The maximum atomic E-state index is 12.9. The first-order chi connectivity index (χ1) is 11.6. The number of nitrogens with zero attached hydrogens (tertiary/aromatic N) is 1. The van der Waals surface area contributed by atoms with Crippen LogP contribution in [0.2, 0.25) is 0 Å². The molecule has 1 aromatic rings. The van der Waals surface area contributed by atoms with Crippen molar-refractivity contribution in [3.8, 4) is 11.5 Å². The summed E-state index contributed by atoms with van der Waals surface area (Å²) >= 11 is 0. The smallest absolute Gasteiger partial charge is 0.197 e. The molecule has 24 heavy (non-hydrogen) atoms. The molecule has 4 aliphatic rings. The third-order valence-electron chi connectivity index (χ3n) is 6.57. The van der Waals surface area contributed by atoms with Gasteiger partial charge in [0.25, 0.3) is 0 Å². The molecule has 4 nitrogen and oxygen atoms in total. The minimum atomic E-state index is -0.423. The highest BCUT2D eigenvalue weighted by atomic mass is 16.5. The molecule has 1 spiro atoms. The van der Waals surface area contributed by atoms with Gasteiger partial charge in [-0.15, -0.1) is 0 Å². The molecule has 1 fully saturated rings. The third kappa shape index (κ3) is 1.42. The zero-order valence-corrected chi connectivity index (χ0v) is 14.0. The molecule has 2 aliphatic heterocycles. The summed E-state index contributed by atoms with van der Waals surface area (Å²) < 4.78 is 11.8. The lowest BCUT2D eigenvalue weighted by Crippen LogP contribution is -2.65. The van der Waals surface area contributed by atoms with Crippen molar-refractivity contribution in [3.05, 3.63) is 47.6 Å². The van der Waals surface area contributed by atoms with Crippen LogP contribution in [0.4, 0.5) is 0 Å². The van der Waals surface area contributed by atoms with Gasteiger partial charge < -0.3 is 14.4 Å². The Morgan fingerprint density at radius 2 is 2.29 bits per heavy atom. The number of carbonyl (C=O) groups excluding carboxylic acids is 1. The van der Waals surface area contributed by atoms with Gasteiger partial charge >= 0.3 is 0 Å². The molecule has 4 atom stereocenters. The number of rotatable bonds is 2. The van der Waals surface area contributed by atoms with Gasteiger partial charge in [-0.25, -0.2) is 0 Å². The number of likely N-dealkylation sites (N-methyl/N-ethyl adjacent to an activating group) is 1. The zero-order valence-electron chi connectivity index (χ0n) is 14.0. The Kier molecular flexibility index (Phi) is 2.69. The van der Waals surface area contributed by atoms with Crippen molar-refractivity contribution >= 4 is 5.78 Å². The van der Waals surface area contributed by atoms with E-state index in [1.807, 2.05) is 12.1 Å². The van der Waals surface area contributed by atoms with E-state index in [9.17, 15) is 4.79 Å². The van der Waals surface area contributed by atoms with Crippen LogP contribution in [0.5, 0.6) is 11.5 Å². The second kappa shape index (κ2) is 4.51. The van der Waals surface area contributed by atoms with Crippen molar-refractivity contribution in [2.24, 2.45) is 5.92 Å². The van der Waals surface area contributed by atoms with E-state index < -0.39 is 6.10 Å². The summed E-state index contributed by atoms with van der Waals surface area (Å²) in [5.74, 6) is 1.86. The molecule has 0 N–H and O–H groups in total. The maximum absolute atomic E-state index is 12.9. The number of ketones is 1. The van der Waals surface area contributed by atoms with Gasteiger partial charge in [-0.1, -0.05) is 18.7 Å². The van der Waals surface area contributed by atoms with Gasteiger partial charge in [0.05, 0.1) is 12.5 Å². The van der Waals surface area contributed by atoms with Crippen LogP contribution < -0.4 is 9.47 Å². The van der Waals surface area contributed by atoms with Crippen LogP contribution in [0.25, 0.3) is 0 Å². The van der Waals surface area contributed by atoms with Gasteiger partial charge in [-0.3, -0.25) is 4.79 Å². The van der Waals surface area contributed by atoms with E-state index in [4.69, 9.17) is 9.47 Å². The first-order valence-corrected chi connectivity index (χ1v) is 8.57. The van der Waals surface area contributed by atoms with E-state index in [1.54, 1.807) is 13.2 Å². The number of ether oxygens (including phenoxy) is 2. The molecular formula is C20H21NO3. The number of piperidine rings is 1. The van der Waals surface area contributed by atoms with Crippen LogP contribution >= 0.6 is 0 Å². The topological polar surface area (TPSA) is 38.8 Å². The standard InChI is InChI=1S/C20H21NO3/c1-4-11-10-14(22)19-20-7-8-21(2)13(16(11)20)9-12-5-6-15(23-3)18(24-19)17(12)20/h4-6,10,13,16,19H,1,7-9H2,2-3H3/t13-,16+,19+,20+/m1/s1. The third-order valence-corrected chi connectivity index (χ3v) is 6.57. The van der Waals surface area contributed by atoms with E-state index in [-0.39, 0.29) is 17.1 Å². The second-order valence-corrected chi connectivity index (χ2v) is 7.40. The molecule has 124 valence electrons. The highest BCUT2D eigenvalue weighted by Gasteiger charge is 2.65. The van der Waals surface area contributed by atoms with Crippen molar-refractivity contribution in [2.75, 3.05) is 20.7 Å². The van der Waals surface area contributed by atoms with Crippen LogP contribution in [0.3, 0.4) is 0 Å². The minimum Gasteiger partial charge on any atom is -0.493 e. The summed E-state index contributed by atoms with van der Waals surface area (Å²) in [6.07, 6.45) is 5.11. The van der Waals surface area contributed by atoms with Crippen molar-refractivity contribution in [3.63, 3.8) is 0 Å². The van der Waals surface area contributed by atoms with Gasteiger partial charge in [0, 0.05) is 17.5 Å². The fraction of sp³-hybridized carbons (Fsp3) is 0.450. The van der Waals surface area contributed by atoms with E-state index in [0.29, 0.717) is 6.04 Å². The van der Waals surface area contributed by atoms with E-state index >= 15 is 0 Å². The van der Waals surface area contributed by atoms with Crippen molar-refractivity contribution in [2.45, 2.75) is 30.4 Å². The highest BCUT2D eigenvalue weighted by Crippen LogP contribution is 2.63. The summed E-state index contributed by atoms with van der Waals surface area (Å²) in [6, 6.07) is 4.52. The summed E-state index contributed by atoms with van der Waals surface area (Å²) in [4.78, 5) is 15.3. The lowest BCUT2D eigenvalue weighted by molar-refractivity contribution is -0.127. The monoisotopic (exact) mass is 323 g/mol. The molecule has 4 heteroatoms. The van der Waals surface area contributed by atoms with Gasteiger partial charge in [0.2, 0.25) is 0 Å². The highest BCUT2D eigenvalue weighted by molar-refractivity contribution is 5.99. The van der Waals surface area contributed by atoms with Crippen LogP contribution in [0.1, 0.15) is 17.5 Å². The van der Waals surface area contributed by atoms with Gasteiger partial charge in [-0.2, -0.15) is 0 Å². The summed E-state index contributed by atoms with van der Waals surface area (Å²) in [7, 11) is 3.85. The normalized spacial score (nSPS) is 35.8. The molecule has 1 aromatic carbocycles. The van der Waals surface area contributed by atoms with Gasteiger partial charge in [0.1, 0.15) is 0 Å². The first kappa shape index (κ1) is 14.3. The molecule has 2 bridgehead atoms. The van der Waals surface area contributed by atoms with E-state index in [2.05, 4.69) is 24.6 Å². The quantitative estimate of drug-likeness (QED) is 0.837. The largest absolute Gasteiger partial charge is 0.493 e. The molecule has 2 aliphatic carbocycles. The number of methoxy groups -OCH3 is 1. The van der Waals surface area contributed by atoms with Crippen molar-refractivity contribution in [1.29, 1.82) is 0 Å². The molecule has 5 rings (SSSR count). The Morgan fingerprint density at radius 1 is 1.46 bits per heavy atom. The minimum absolute atomic E-state index is 0.0653. The van der Waals surface area contributed by atoms with Crippen LogP contribution in [0.15, 0.2) is 36.4 Å². The van der Waals surface area contributed by atoms with Crippen LogP contribution in [-0.4, -0.2) is 43.5 Å². The summed E-state index contributed by atoms with van der Waals surface area (Å²) in [5.41, 5.74) is 3.34. The molecule has 0 aromatic heterocycles. The second-order valence-electron chi connectivity index (χ2n) is 7.40. The van der Waals surface area contributed by atoms with Gasteiger partial charge in [0.15, 0.2) is 23.4 Å². The maximum Gasteiger partial charge on any atom is 0.197 e. The Balaban J connectivity index is 1.85. The van der Waals surface area contributed by atoms with E-state index in [0.717, 1.165) is 36.5 Å². The number of hydrogen-bond acceptors (Lipinski definition) is 4. The van der Waals surface area contributed by atoms with Crippen LogP contribution in [-0.2, 0) is 16.6 Å². The molecule has 0 unspecified atom stereocenters. The molecule has 2 heterocycles. The first-order valence-electron chi connectivity index (χ1n) is 8.57. The number of hydrogen-bond donors (Lipinski definition) is 0. The zero-order chi connectivity index (χ0) is 16.6. The Labute approximate surface area is 141 Å². The number of likely N-dealkylation sites (tertiary alicyclic amines) is 1. The fourth-order valence-corrected chi connectivity index (χ4v) is 5.62. The van der Waals surface area contributed by atoms with E-state index in [1.165, 1.54) is 11.1 Å². The fourth-order valence-electron chi connectivity index (χ4n) is 5.62. The Bertz CT molecular complexity index is 811. The molecular weight excluding hydrogens is 302 g/mol. The predicted octanol–water partition coefficient (Wildman–Crippen LogP) is 2.27. The van der Waals surface area contributed by atoms with Crippen molar-refractivity contribution in [1.82, 2.24) is 4.90 Å². The molecule has 0 saturated carbocycles. The van der Waals surface area contributed by atoms with Gasteiger partial charge in [-0.05, 0) is 49.7 Å². The Morgan fingerprint density at radius 3 is 3.04 bits per heavy atom. The number of carbonyl (C=O) groups is 1. The van der Waals surface area contributed by atoms with Crippen LogP contribution in [0, 0.1) is 5.92 Å². The number of benzene rings is 1. The molecule has 0 amide bonds. The number of allylic oxidation sites excluding steroid dienone is 1. The Hall–Kier alpha value is -2.07. The predicted molar refractivity (Wildman–Crippen MR) is 90.6 cm³/mol. The average Bonchev–Trinajstić information content (AvgIpc) is 2.94. The summed E-state index contributed by atoms with van der Waals surface area (Å²) in [6.45, 7) is 4.97. The summed E-state index contributed by atoms with van der Waals surface area (Å²) in [5, 5.41) is 0. The lowest BCUT2D eigenvalue weighted by Gasteiger charge is -2.56. The van der Waals surface area contributed by atoms with Crippen molar-refractivity contribution < 1.29 is 14.3 Å². The lowest BCUT2D eigenvalue weighted by atomic mass is 9.51. The SMILES string of the molecule is C=CC1=CC(=O)[C@@H]2Oc3c(OC)ccc4c3[C@@]23CCN(C)[C@H](C4)[C@H]13. The average molecular weight is 323 g/mol. The molecule has 1 saturated heterocycles. The molecule has 0 radical (unpaired) electrons.